The van der Waals surface area contributed by atoms with Gasteiger partial charge < -0.3 is 20.3 Å². The van der Waals surface area contributed by atoms with Gasteiger partial charge in [-0.2, -0.15) is 0 Å². The molecule has 2 fully saturated rings. The van der Waals surface area contributed by atoms with E-state index >= 15 is 0 Å². The number of carbonyl (C=O) groups excluding carboxylic acids is 1. The summed E-state index contributed by atoms with van der Waals surface area (Å²) in [6.45, 7) is 3.00. The molecule has 3 rings (SSSR count). The maximum atomic E-state index is 12.9. The number of aliphatic imine (C=N–C) groups is 1. The lowest BCUT2D eigenvalue weighted by Gasteiger charge is -2.26. The molecule has 0 spiro atoms. The van der Waals surface area contributed by atoms with Crippen molar-refractivity contribution in [3.05, 3.63) is 30.1 Å². The van der Waals surface area contributed by atoms with Crippen LogP contribution in [0.25, 0.3) is 0 Å². The van der Waals surface area contributed by atoms with Crippen molar-refractivity contribution in [1.29, 1.82) is 0 Å². The van der Waals surface area contributed by atoms with Gasteiger partial charge in [0.05, 0.1) is 6.61 Å². The molecule has 1 amide bonds. The highest BCUT2D eigenvalue weighted by molar-refractivity contribution is 14.0. The number of unbranched alkanes of at least 4 members (excludes halogenated alkanes) is 1. The fourth-order valence-electron chi connectivity index (χ4n) is 4.23. The van der Waals surface area contributed by atoms with Crippen LogP contribution in [0.2, 0.25) is 0 Å². The van der Waals surface area contributed by atoms with Gasteiger partial charge in [0.1, 0.15) is 11.6 Å². The molecule has 2 aliphatic rings. The molecule has 1 unspecified atom stereocenters. The zero-order valence-electron chi connectivity index (χ0n) is 18.4. The maximum absolute atomic E-state index is 12.9. The van der Waals surface area contributed by atoms with Crippen molar-refractivity contribution < 1.29 is 13.9 Å². The van der Waals surface area contributed by atoms with Crippen molar-refractivity contribution in [3.63, 3.8) is 0 Å². The van der Waals surface area contributed by atoms with E-state index < -0.39 is 0 Å². The molecule has 1 saturated carbocycles. The zero-order valence-corrected chi connectivity index (χ0v) is 20.8. The molecule has 1 aliphatic heterocycles. The van der Waals surface area contributed by atoms with Gasteiger partial charge in [-0.25, -0.2) is 4.39 Å². The number of halogens is 2. The van der Waals surface area contributed by atoms with Crippen molar-refractivity contribution in [3.8, 4) is 5.75 Å². The van der Waals surface area contributed by atoms with Crippen LogP contribution in [0.4, 0.5) is 4.39 Å². The number of carbonyl (C=O) groups is 1. The highest BCUT2D eigenvalue weighted by atomic mass is 127. The molecule has 174 valence electrons. The van der Waals surface area contributed by atoms with Crippen LogP contribution in [0.1, 0.15) is 51.4 Å². The number of nitrogens with one attached hydrogen (secondary N) is 2. The Morgan fingerprint density at radius 1 is 1.16 bits per heavy atom. The molecule has 1 atom stereocenters. The number of rotatable bonds is 8. The molecule has 8 heteroatoms. The van der Waals surface area contributed by atoms with E-state index in [2.05, 4.69) is 15.6 Å². The van der Waals surface area contributed by atoms with E-state index in [0.29, 0.717) is 18.3 Å². The zero-order chi connectivity index (χ0) is 21.2. The highest BCUT2D eigenvalue weighted by Crippen LogP contribution is 2.26. The summed E-state index contributed by atoms with van der Waals surface area (Å²) >= 11 is 0. The molecule has 1 heterocycles. The summed E-state index contributed by atoms with van der Waals surface area (Å²) in [6.07, 6.45) is 8.57. The van der Waals surface area contributed by atoms with E-state index in [1.54, 1.807) is 19.2 Å². The summed E-state index contributed by atoms with van der Waals surface area (Å²) in [5, 5.41) is 6.79. The van der Waals surface area contributed by atoms with Crippen LogP contribution < -0.4 is 15.4 Å². The monoisotopic (exact) mass is 546 g/mol. The van der Waals surface area contributed by atoms with Crippen LogP contribution in [0.5, 0.6) is 5.75 Å². The van der Waals surface area contributed by atoms with Crippen molar-refractivity contribution in [2.75, 3.05) is 33.3 Å². The molecule has 1 saturated heterocycles. The molecular formula is C23H36FIN4O2. The van der Waals surface area contributed by atoms with Crippen molar-refractivity contribution in [1.82, 2.24) is 15.5 Å². The minimum Gasteiger partial charge on any atom is -0.494 e. The minimum atomic E-state index is -0.255. The average Bonchev–Trinajstić information content (AvgIpc) is 3.25. The molecule has 6 nitrogen and oxygen atoms in total. The first-order chi connectivity index (χ1) is 14.7. The summed E-state index contributed by atoms with van der Waals surface area (Å²) < 4.78 is 18.5. The Morgan fingerprint density at radius 2 is 1.90 bits per heavy atom. The van der Waals surface area contributed by atoms with E-state index in [0.717, 1.165) is 57.7 Å². The third kappa shape index (κ3) is 8.46. The van der Waals surface area contributed by atoms with E-state index in [-0.39, 0.29) is 41.8 Å². The van der Waals surface area contributed by atoms with Gasteiger partial charge in [-0.3, -0.25) is 9.79 Å². The highest BCUT2D eigenvalue weighted by Gasteiger charge is 2.31. The van der Waals surface area contributed by atoms with E-state index in [1.807, 2.05) is 4.90 Å². The summed E-state index contributed by atoms with van der Waals surface area (Å²) in [7, 11) is 1.77. The van der Waals surface area contributed by atoms with Gasteiger partial charge >= 0.3 is 0 Å². The summed E-state index contributed by atoms with van der Waals surface area (Å²) in [4.78, 5) is 19.1. The van der Waals surface area contributed by atoms with E-state index in [4.69, 9.17) is 4.74 Å². The molecule has 2 N–H and O–H groups in total. The number of amides is 1. The topological polar surface area (TPSA) is 66.0 Å². The number of likely N-dealkylation sites (tertiary alicyclic amines) is 1. The molecule has 1 aromatic carbocycles. The molecule has 0 radical (unpaired) electrons. The largest absolute Gasteiger partial charge is 0.494 e. The normalized spacial score (nSPS) is 19.6. The van der Waals surface area contributed by atoms with E-state index in [1.165, 1.54) is 31.4 Å². The van der Waals surface area contributed by atoms with E-state index in [9.17, 15) is 9.18 Å². The first-order valence-electron chi connectivity index (χ1n) is 11.3. The van der Waals surface area contributed by atoms with Crippen molar-refractivity contribution in [2.45, 2.75) is 57.4 Å². The van der Waals surface area contributed by atoms with Gasteiger partial charge in [0, 0.05) is 38.6 Å². The lowest BCUT2D eigenvalue weighted by Crippen LogP contribution is -2.45. The van der Waals surface area contributed by atoms with Crippen LogP contribution in [-0.2, 0) is 4.79 Å². The van der Waals surface area contributed by atoms with Crippen LogP contribution in [-0.4, -0.2) is 56.1 Å². The predicted octanol–water partition coefficient (Wildman–Crippen LogP) is 3.95. The van der Waals surface area contributed by atoms with Crippen LogP contribution in [0.15, 0.2) is 29.3 Å². The number of hydrogen-bond donors (Lipinski definition) is 2. The molecule has 0 aromatic heterocycles. The first-order valence-corrected chi connectivity index (χ1v) is 11.3. The Hall–Kier alpha value is -1.58. The van der Waals surface area contributed by atoms with Crippen LogP contribution >= 0.6 is 24.0 Å². The molecule has 31 heavy (non-hydrogen) atoms. The Bertz CT molecular complexity index is 695. The second kappa shape index (κ2) is 13.8. The second-order valence-corrected chi connectivity index (χ2v) is 8.26. The smallest absolute Gasteiger partial charge is 0.225 e. The summed E-state index contributed by atoms with van der Waals surface area (Å²) in [5.41, 5.74) is 0. The van der Waals surface area contributed by atoms with Gasteiger partial charge in [0.25, 0.3) is 0 Å². The average molecular weight is 546 g/mol. The van der Waals surface area contributed by atoms with Gasteiger partial charge in [-0.05, 0) is 56.4 Å². The fourth-order valence-corrected chi connectivity index (χ4v) is 4.23. The van der Waals surface area contributed by atoms with Gasteiger partial charge in [0.15, 0.2) is 5.96 Å². The predicted molar refractivity (Wildman–Crippen MR) is 133 cm³/mol. The quantitative estimate of drug-likeness (QED) is 0.225. The number of benzene rings is 1. The number of nitrogens with zero attached hydrogens (tertiary/aromatic N) is 2. The first kappa shape index (κ1) is 25.7. The van der Waals surface area contributed by atoms with Gasteiger partial charge in [-0.1, -0.05) is 19.3 Å². The third-order valence-corrected chi connectivity index (χ3v) is 5.96. The standard InChI is InChI=1S/C23H35FN4O2.HI/c1-25-23(26-14-5-6-16-30-21-11-9-19(24)10-12-21)27-20-13-15-28(17-20)22(29)18-7-3-2-4-8-18;/h9-12,18,20H,2-8,13-17H2,1H3,(H2,25,26,27);1H. The number of hydrogen-bond acceptors (Lipinski definition) is 3. The summed E-state index contributed by atoms with van der Waals surface area (Å²) in [5.74, 6) is 1.81. The Kier molecular flexibility index (Phi) is 11.4. The third-order valence-electron chi connectivity index (χ3n) is 5.96. The van der Waals surface area contributed by atoms with Crippen molar-refractivity contribution in [2.24, 2.45) is 10.9 Å². The fraction of sp³-hybridized carbons (Fsp3) is 0.652. The SMILES string of the molecule is CN=C(NCCCCOc1ccc(F)cc1)NC1CCN(C(=O)C2CCCCC2)C1.I. The Balaban J connectivity index is 0.00000341. The molecule has 0 bridgehead atoms. The second-order valence-electron chi connectivity index (χ2n) is 8.26. The van der Waals surface area contributed by atoms with Gasteiger partial charge in [-0.15, -0.1) is 24.0 Å². The summed E-state index contributed by atoms with van der Waals surface area (Å²) in [6, 6.07) is 6.34. The lowest BCUT2D eigenvalue weighted by atomic mass is 9.88. The maximum Gasteiger partial charge on any atom is 0.225 e. The Morgan fingerprint density at radius 3 is 2.61 bits per heavy atom. The van der Waals surface area contributed by atoms with Gasteiger partial charge in [0.2, 0.25) is 5.91 Å². The molecule has 1 aliphatic carbocycles. The van der Waals surface area contributed by atoms with Crippen LogP contribution in [0, 0.1) is 11.7 Å². The lowest BCUT2D eigenvalue weighted by molar-refractivity contribution is -0.135. The van der Waals surface area contributed by atoms with Crippen LogP contribution in [0.3, 0.4) is 0 Å². The molecular weight excluding hydrogens is 510 g/mol. The van der Waals surface area contributed by atoms with Crippen molar-refractivity contribution >= 4 is 35.8 Å². The minimum absolute atomic E-state index is 0. The molecule has 1 aromatic rings. The Labute approximate surface area is 202 Å². The number of guanidine groups is 1. The number of ether oxygens (including phenoxy) is 1.